The third-order valence-corrected chi connectivity index (χ3v) is 1.72. The molecule has 0 fully saturated rings. The summed E-state index contributed by atoms with van der Waals surface area (Å²) in [6.07, 6.45) is 2.80. The Kier molecular flexibility index (Phi) is 11.8. The molecule has 0 amide bonds. The third kappa shape index (κ3) is 6.01. The Labute approximate surface area is 91.6 Å². The molecule has 0 radical (unpaired) electrons. The van der Waals surface area contributed by atoms with Crippen molar-refractivity contribution in [2.45, 2.75) is 6.92 Å². The molecule has 0 saturated heterocycles. The second-order valence-corrected chi connectivity index (χ2v) is 2.30. The number of nitrogens with two attached hydrogens (primary N) is 1. The molecule has 0 aliphatic heterocycles. The Hall–Kier alpha value is -0.130. The first-order valence-corrected chi connectivity index (χ1v) is 4.49. The van der Waals surface area contributed by atoms with Crippen molar-refractivity contribution < 1.29 is 5.21 Å². The average molecular weight is 247 g/mol. The first-order valence-electron chi connectivity index (χ1n) is 2.98. The minimum Gasteiger partial charge on any atom is -0.320 e. The van der Waals surface area contributed by atoms with Gasteiger partial charge in [0, 0.05) is 11.9 Å². The molecular formula is C6H10Cl3N3O. The van der Waals surface area contributed by atoms with Crippen molar-refractivity contribution in [3.05, 3.63) is 22.2 Å². The summed E-state index contributed by atoms with van der Waals surface area (Å²) in [6, 6.07) is 0. The molecule has 0 saturated carbocycles. The zero-order chi connectivity index (χ0) is 10.9. The van der Waals surface area contributed by atoms with Crippen LogP contribution in [0.4, 0.5) is 0 Å². The van der Waals surface area contributed by atoms with Gasteiger partial charge in [-0.15, -0.1) is 11.6 Å². The topological polar surface area (TPSA) is 72.0 Å². The lowest BCUT2D eigenvalue weighted by atomic mass is 10.4. The van der Waals surface area contributed by atoms with Crippen LogP contribution in [-0.4, -0.2) is 21.6 Å². The van der Waals surface area contributed by atoms with Crippen molar-refractivity contribution in [3.8, 4) is 0 Å². The lowest BCUT2D eigenvalue weighted by Crippen LogP contribution is -1.84. The Morgan fingerprint density at radius 1 is 1.15 bits per heavy atom. The SMILES string of the molecule is CCl.Cc1c(Cl)ncnc1Cl.NO. The van der Waals surface area contributed by atoms with E-state index in [1.165, 1.54) is 12.7 Å². The van der Waals surface area contributed by atoms with Crippen LogP contribution in [0.3, 0.4) is 0 Å². The molecule has 0 spiro atoms. The van der Waals surface area contributed by atoms with Crippen molar-refractivity contribution >= 4 is 34.8 Å². The minimum atomic E-state index is 0.412. The molecule has 3 N–H and O–H groups in total. The molecule has 4 nitrogen and oxygen atoms in total. The molecule has 0 bridgehead atoms. The van der Waals surface area contributed by atoms with Crippen LogP contribution in [0.2, 0.25) is 10.3 Å². The fourth-order valence-electron chi connectivity index (χ4n) is 0.409. The van der Waals surface area contributed by atoms with E-state index in [1.807, 2.05) is 0 Å². The van der Waals surface area contributed by atoms with Gasteiger partial charge in [0.15, 0.2) is 0 Å². The van der Waals surface area contributed by atoms with Gasteiger partial charge in [0.05, 0.1) is 0 Å². The van der Waals surface area contributed by atoms with E-state index in [9.17, 15) is 0 Å². The van der Waals surface area contributed by atoms with Gasteiger partial charge in [-0.3, -0.25) is 0 Å². The Morgan fingerprint density at radius 3 is 1.69 bits per heavy atom. The number of hydrogen-bond donors (Lipinski definition) is 2. The Morgan fingerprint density at radius 2 is 1.46 bits per heavy atom. The predicted molar refractivity (Wildman–Crippen MR) is 54.5 cm³/mol. The zero-order valence-electron chi connectivity index (χ0n) is 7.13. The highest BCUT2D eigenvalue weighted by molar-refractivity contribution is 6.34. The van der Waals surface area contributed by atoms with E-state index >= 15 is 0 Å². The molecule has 13 heavy (non-hydrogen) atoms. The van der Waals surface area contributed by atoms with Crippen molar-refractivity contribution in [2.75, 3.05) is 6.38 Å². The van der Waals surface area contributed by atoms with Crippen LogP contribution in [0.25, 0.3) is 0 Å². The van der Waals surface area contributed by atoms with E-state index < -0.39 is 0 Å². The molecule has 0 aliphatic rings. The van der Waals surface area contributed by atoms with Gasteiger partial charge in [0.2, 0.25) is 0 Å². The number of alkyl halides is 1. The Balaban J connectivity index is 0. The maximum absolute atomic E-state index is 6.50. The van der Waals surface area contributed by atoms with E-state index in [1.54, 1.807) is 6.92 Å². The fourth-order valence-corrected chi connectivity index (χ4v) is 0.724. The van der Waals surface area contributed by atoms with Crippen LogP contribution in [0, 0.1) is 6.92 Å². The van der Waals surface area contributed by atoms with Crippen molar-refractivity contribution in [1.82, 2.24) is 9.97 Å². The number of halogens is 3. The molecule has 1 aromatic rings. The van der Waals surface area contributed by atoms with Crippen LogP contribution in [0.1, 0.15) is 5.56 Å². The monoisotopic (exact) mass is 245 g/mol. The minimum absolute atomic E-state index is 0.412. The number of hydrogen-bond acceptors (Lipinski definition) is 4. The lowest BCUT2D eigenvalue weighted by molar-refractivity contribution is 0.311. The summed E-state index contributed by atoms with van der Waals surface area (Å²) >= 11 is 15.8. The predicted octanol–water partition coefficient (Wildman–Crippen LogP) is 2.28. The van der Waals surface area contributed by atoms with Gasteiger partial charge in [0.25, 0.3) is 0 Å². The van der Waals surface area contributed by atoms with Crippen molar-refractivity contribution in [2.24, 2.45) is 5.90 Å². The highest BCUT2D eigenvalue weighted by Gasteiger charge is 1.99. The maximum atomic E-state index is 6.50. The van der Waals surface area contributed by atoms with Crippen LogP contribution < -0.4 is 5.90 Å². The summed E-state index contributed by atoms with van der Waals surface area (Å²) in [6.45, 7) is 1.77. The molecule has 7 heteroatoms. The van der Waals surface area contributed by atoms with E-state index in [0.717, 1.165) is 5.56 Å². The largest absolute Gasteiger partial charge is 0.320 e. The standard InChI is InChI=1S/C5H4Cl2N2.CH3Cl.H3NO/c1-3-4(6)8-2-9-5(3)7;2*1-2/h2H,1H3;1H3;2H,1H2. The summed E-state index contributed by atoms with van der Waals surface area (Å²) < 4.78 is 0. The highest BCUT2D eigenvalue weighted by atomic mass is 35.5. The normalized spacial score (nSPS) is 7.62. The molecule has 76 valence electrons. The molecular weight excluding hydrogens is 236 g/mol. The first kappa shape index (κ1) is 15.3. The van der Waals surface area contributed by atoms with Gasteiger partial charge < -0.3 is 5.21 Å². The van der Waals surface area contributed by atoms with Gasteiger partial charge in [-0.05, 0) is 6.92 Å². The van der Waals surface area contributed by atoms with Gasteiger partial charge >= 0.3 is 0 Å². The van der Waals surface area contributed by atoms with E-state index in [2.05, 4.69) is 27.5 Å². The lowest BCUT2D eigenvalue weighted by Gasteiger charge is -1.94. The van der Waals surface area contributed by atoms with E-state index in [-0.39, 0.29) is 0 Å². The highest BCUT2D eigenvalue weighted by Crippen LogP contribution is 2.16. The third-order valence-electron chi connectivity index (χ3n) is 0.961. The second-order valence-electron chi connectivity index (χ2n) is 1.58. The van der Waals surface area contributed by atoms with Gasteiger partial charge in [0.1, 0.15) is 16.6 Å². The molecule has 0 atom stereocenters. The van der Waals surface area contributed by atoms with Gasteiger partial charge in [-0.25, -0.2) is 15.9 Å². The van der Waals surface area contributed by atoms with Crippen LogP contribution >= 0.6 is 34.8 Å². The molecule has 0 unspecified atom stereocenters. The summed E-state index contributed by atoms with van der Waals surface area (Å²) in [7, 11) is 0. The first-order chi connectivity index (χ1) is 6.22. The second kappa shape index (κ2) is 9.95. The molecule has 1 rings (SSSR count). The summed E-state index contributed by atoms with van der Waals surface area (Å²) in [5.74, 6) is 3.50. The quantitative estimate of drug-likeness (QED) is 0.418. The van der Waals surface area contributed by atoms with E-state index in [0.29, 0.717) is 10.3 Å². The molecule has 0 aliphatic carbocycles. The fraction of sp³-hybridized carbons (Fsp3) is 0.333. The summed E-state index contributed by atoms with van der Waals surface area (Å²) in [5, 5.41) is 7.32. The van der Waals surface area contributed by atoms with Crippen LogP contribution in [-0.2, 0) is 0 Å². The molecule has 1 aromatic heterocycles. The van der Waals surface area contributed by atoms with Crippen molar-refractivity contribution in [3.63, 3.8) is 0 Å². The van der Waals surface area contributed by atoms with Crippen LogP contribution in [0.5, 0.6) is 0 Å². The van der Waals surface area contributed by atoms with Crippen molar-refractivity contribution in [1.29, 1.82) is 0 Å². The van der Waals surface area contributed by atoms with Gasteiger partial charge in [-0.1, -0.05) is 23.2 Å². The number of aromatic nitrogens is 2. The van der Waals surface area contributed by atoms with Crippen LogP contribution in [0.15, 0.2) is 6.33 Å². The average Bonchev–Trinajstić information content (AvgIpc) is 2.20. The smallest absolute Gasteiger partial charge is 0.136 e. The number of rotatable bonds is 0. The maximum Gasteiger partial charge on any atom is 0.136 e. The number of nitrogens with zero attached hydrogens (tertiary/aromatic N) is 2. The molecule has 0 aromatic carbocycles. The Bertz CT molecular complexity index is 214. The zero-order valence-corrected chi connectivity index (χ0v) is 9.40. The summed E-state index contributed by atoms with van der Waals surface area (Å²) in [4.78, 5) is 7.42. The summed E-state index contributed by atoms with van der Waals surface area (Å²) in [5.41, 5.74) is 0.723. The van der Waals surface area contributed by atoms with Gasteiger partial charge in [-0.2, -0.15) is 0 Å². The molecule has 1 heterocycles. The van der Waals surface area contributed by atoms with E-state index in [4.69, 9.17) is 28.4 Å².